The molecule has 1 aromatic heterocycles. The summed E-state index contributed by atoms with van der Waals surface area (Å²) < 4.78 is 37.3. The fourth-order valence-electron chi connectivity index (χ4n) is 2.74. The van der Waals surface area contributed by atoms with E-state index >= 15 is 0 Å². The van der Waals surface area contributed by atoms with E-state index in [0.717, 1.165) is 6.26 Å². The zero-order chi connectivity index (χ0) is 19.2. The summed E-state index contributed by atoms with van der Waals surface area (Å²) in [5.74, 6) is 0.833. The summed E-state index contributed by atoms with van der Waals surface area (Å²) in [6.45, 7) is -0.00553. The molecule has 0 fully saturated rings. The van der Waals surface area contributed by atoms with Crippen molar-refractivity contribution in [2.45, 2.75) is 6.10 Å². The van der Waals surface area contributed by atoms with Crippen LogP contribution in [0.2, 0.25) is 10.0 Å². The van der Waals surface area contributed by atoms with E-state index < -0.39 is 16.1 Å². The lowest BCUT2D eigenvalue weighted by Gasteiger charge is -2.33. The highest BCUT2D eigenvalue weighted by Gasteiger charge is 2.35. The maximum atomic E-state index is 12.2. The summed E-state index contributed by atoms with van der Waals surface area (Å²) in [4.78, 5) is 0. The predicted octanol–water partition coefficient (Wildman–Crippen LogP) is 3.94. The quantitative estimate of drug-likeness (QED) is 0.631. The Morgan fingerprint density at radius 1 is 1.07 bits per heavy atom. The van der Waals surface area contributed by atoms with Crippen molar-refractivity contribution in [2.75, 3.05) is 17.1 Å². The fraction of sp³-hybridized carbons (Fsp3) is 0.176. The van der Waals surface area contributed by atoms with E-state index in [9.17, 15) is 8.42 Å². The predicted molar refractivity (Wildman–Crippen MR) is 102 cm³/mol. The van der Waals surface area contributed by atoms with Crippen molar-refractivity contribution in [1.82, 2.24) is 10.2 Å². The largest absolute Gasteiger partial charge is 0.476 e. The van der Waals surface area contributed by atoms with Crippen molar-refractivity contribution in [3.63, 3.8) is 0 Å². The van der Waals surface area contributed by atoms with E-state index in [-0.39, 0.29) is 18.3 Å². The molecule has 0 bridgehead atoms. The summed E-state index contributed by atoms with van der Waals surface area (Å²) in [5, 5.41) is 9.04. The van der Waals surface area contributed by atoms with Gasteiger partial charge in [0.1, 0.15) is 5.75 Å². The zero-order valence-corrected chi connectivity index (χ0v) is 16.3. The molecule has 0 N–H and O–H groups in total. The van der Waals surface area contributed by atoms with Crippen LogP contribution in [0, 0.1) is 0 Å². The third-order valence-electron chi connectivity index (χ3n) is 4.00. The molecule has 1 atom stereocenters. The Labute approximate surface area is 165 Å². The van der Waals surface area contributed by atoms with Crippen molar-refractivity contribution in [1.29, 1.82) is 0 Å². The molecule has 0 saturated heterocycles. The van der Waals surface area contributed by atoms with Gasteiger partial charge in [-0.2, -0.15) is 0 Å². The Bertz CT molecular complexity index is 1100. The van der Waals surface area contributed by atoms with E-state index in [0.29, 0.717) is 27.0 Å². The number of benzene rings is 2. The van der Waals surface area contributed by atoms with Crippen LogP contribution in [0.3, 0.4) is 0 Å². The van der Waals surface area contributed by atoms with Gasteiger partial charge in [-0.3, -0.25) is 4.31 Å². The minimum absolute atomic E-state index is 0.00553. The molecule has 0 radical (unpaired) electrons. The van der Waals surface area contributed by atoms with Gasteiger partial charge in [0.25, 0.3) is 5.89 Å². The van der Waals surface area contributed by atoms with Gasteiger partial charge in [-0.1, -0.05) is 23.2 Å². The normalized spacial score (nSPS) is 16.7. The Hall–Kier alpha value is -2.29. The minimum Gasteiger partial charge on any atom is -0.476 e. The molecule has 0 spiro atoms. The Morgan fingerprint density at radius 2 is 1.78 bits per heavy atom. The van der Waals surface area contributed by atoms with E-state index in [2.05, 4.69) is 10.2 Å². The molecule has 0 amide bonds. The third kappa shape index (κ3) is 3.60. The van der Waals surface area contributed by atoms with Crippen LogP contribution in [0.5, 0.6) is 5.75 Å². The number of sulfonamides is 1. The molecule has 140 valence electrons. The van der Waals surface area contributed by atoms with Crippen LogP contribution in [-0.2, 0) is 10.0 Å². The summed E-state index contributed by atoms with van der Waals surface area (Å²) in [6, 6.07) is 11.7. The van der Waals surface area contributed by atoms with Crippen molar-refractivity contribution in [3.05, 3.63) is 58.4 Å². The minimum atomic E-state index is -3.56. The first kappa shape index (κ1) is 18.1. The molecule has 4 rings (SSSR count). The van der Waals surface area contributed by atoms with Crippen LogP contribution in [-0.4, -0.2) is 31.4 Å². The maximum Gasteiger partial charge on any atom is 0.259 e. The fourth-order valence-corrected chi connectivity index (χ4v) is 3.94. The topological polar surface area (TPSA) is 85.5 Å². The SMILES string of the molecule is CS(=O)(=O)N1C[C@H](c2nnc(-c3ccc(Cl)cc3)o2)Oc2ccc(Cl)cc21. The van der Waals surface area contributed by atoms with Gasteiger partial charge in [0.2, 0.25) is 15.9 Å². The molecule has 27 heavy (non-hydrogen) atoms. The van der Waals surface area contributed by atoms with Gasteiger partial charge in [0.15, 0.2) is 6.10 Å². The molecule has 10 heteroatoms. The number of fused-ring (bicyclic) bond motifs is 1. The van der Waals surface area contributed by atoms with Gasteiger partial charge >= 0.3 is 0 Å². The number of nitrogens with zero attached hydrogens (tertiary/aromatic N) is 3. The van der Waals surface area contributed by atoms with Gasteiger partial charge in [0.05, 0.1) is 18.5 Å². The summed E-state index contributed by atoms with van der Waals surface area (Å²) in [5.41, 5.74) is 1.07. The standard InChI is InChI=1S/C17H13Cl2N3O4S/c1-27(23,24)22-9-15(25-14-7-6-12(19)8-13(14)22)17-21-20-16(26-17)10-2-4-11(18)5-3-10/h2-8,15H,9H2,1H3/t15-/m1/s1. The monoisotopic (exact) mass is 425 g/mol. The van der Waals surface area contributed by atoms with Gasteiger partial charge in [0, 0.05) is 15.6 Å². The maximum absolute atomic E-state index is 12.2. The molecule has 1 aliphatic heterocycles. The number of aromatic nitrogens is 2. The van der Waals surface area contributed by atoms with Crippen LogP contribution >= 0.6 is 23.2 Å². The second-order valence-corrected chi connectivity index (χ2v) is 8.74. The Kier molecular flexibility index (Phi) is 4.49. The molecule has 2 aromatic carbocycles. The first-order valence-electron chi connectivity index (χ1n) is 7.84. The molecule has 0 unspecified atom stereocenters. The highest BCUT2D eigenvalue weighted by atomic mass is 35.5. The van der Waals surface area contributed by atoms with Crippen molar-refractivity contribution < 1.29 is 17.6 Å². The van der Waals surface area contributed by atoms with Crippen LogP contribution < -0.4 is 9.04 Å². The summed E-state index contributed by atoms with van der Waals surface area (Å²) in [6.07, 6.45) is 0.370. The van der Waals surface area contributed by atoms with Crippen molar-refractivity contribution in [2.24, 2.45) is 0 Å². The Balaban J connectivity index is 1.69. The van der Waals surface area contributed by atoms with Crippen LogP contribution in [0.4, 0.5) is 5.69 Å². The van der Waals surface area contributed by atoms with Crippen LogP contribution in [0.15, 0.2) is 46.9 Å². The number of ether oxygens (including phenoxy) is 1. The number of anilines is 1. The molecule has 3 aromatic rings. The van der Waals surface area contributed by atoms with E-state index in [1.54, 1.807) is 42.5 Å². The van der Waals surface area contributed by atoms with Crippen LogP contribution in [0.25, 0.3) is 11.5 Å². The average Bonchev–Trinajstić information content (AvgIpc) is 3.10. The second-order valence-electron chi connectivity index (χ2n) is 5.96. The van der Waals surface area contributed by atoms with Crippen molar-refractivity contribution >= 4 is 38.9 Å². The van der Waals surface area contributed by atoms with Gasteiger partial charge < -0.3 is 9.15 Å². The number of hydrogen-bond acceptors (Lipinski definition) is 6. The van der Waals surface area contributed by atoms with Crippen LogP contribution in [0.1, 0.15) is 12.0 Å². The number of halogens is 2. The highest BCUT2D eigenvalue weighted by molar-refractivity contribution is 7.92. The van der Waals surface area contributed by atoms with E-state index in [1.807, 2.05) is 0 Å². The summed E-state index contributed by atoms with van der Waals surface area (Å²) in [7, 11) is -3.56. The van der Waals surface area contributed by atoms with Crippen molar-refractivity contribution in [3.8, 4) is 17.2 Å². The van der Waals surface area contributed by atoms with E-state index in [4.69, 9.17) is 32.4 Å². The molecular weight excluding hydrogens is 413 g/mol. The molecule has 0 saturated carbocycles. The van der Waals surface area contributed by atoms with Gasteiger partial charge in [-0.05, 0) is 42.5 Å². The lowest BCUT2D eigenvalue weighted by molar-refractivity contribution is 0.170. The van der Waals surface area contributed by atoms with E-state index in [1.165, 1.54) is 4.31 Å². The number of rotatable bonds is 3. The Morgan fingerprint density at radius 3 is 2.48 bits per heavy atom. The first-order valence-corrected chi connectivity index (χ1v) is 10.4. The lowest BCUT2D eigenvalue weighted by atomic mass is 10.2. The second kappa shape index (κ2) is 6.70. The highest BCUT2D eigenvalue weighted by Crippen LogP contribution is 2.40. The smallest absolute Gasteiger partial charge is 0.259 e. The van der Waals surface area contributed by atoms with Gasteiger partial charge in [-0.25, -0.2) is 8.42 Å². The summed E-state index contributed by atoms with van der Waals surface area (Å²) >= 11 is 11.9. The molecule has 1 aliphatic rings. The lowest BCUT2D eigenvalue weighted by Crippen LogP contribution is -2.39. The molecule has 7 nitrogen and oxygen atoms in total. The average molecular weight is 426 g/mol. The van der Waals surface area contributed by atoms with Gasteiger partial charge in [-0.15, -0.1) is 10.2 Å². The third-order valence-corrected chi connectivity index (χ3v) is 5.63. The molecular formula is C17H13Cl2N3O4S. The number of hydrogen-bond donors (Lipinski definition) is 0. The molecule has 2 heterocycles. The molecule has 0 aliphatic carbocycles. The zero-order valence-electron chi connectivity index (χ0n) is 14.0. The first-order chi connectivity index (χ1) is 12.8.